The van der Waals surface area contributed by atoms with Crippen molar-refractivity contribution in [2.45, 2.75) is 33.0 Å². The highest BCUT2D eigenvalue weighted by Gasteiger charge is 1.88. The van der Waals surface area contributed by atoms with Crippen LogP contribution in [-0.2, 0) is 0 Å². The van der Waals surface area contributed by atoms with Crippen molar-refractivity contribution in [2.75, 3.05) is 0 Å². The van der Waals surface area contributed by atoms with Gasteiger partial charge in [-0.1, -0.05) is 33.0 Å². The highest BCUT2D eigenvalue weighted by Crippen LogP contribution is 2.03. The second-order valence-electron chi connectivity index (χ2n) is 2.32. The molecule has 0 nitrogen and oxygen atoms in total. The summed E-state index contributed by atoms with van der Waals surface area (Å²) in [5.41, 5.74) is 0. The van der Waals surface area contributed by atoms with E-state index in [2.05, 4.69) is 13.8 Å². The first-order valence-corrected chi connectivity index (χ1v) is 2.97. The average molecular weight is 96.0 g/mol. The van der Waals surface area contributed by atoms with E-state index in [0.29, 0.717) is 0 Å². The van der Waals surface area contributed by atoms with E-state index in [-0.39, 0.29) is 0 Å². The Morgan fingerprint density at radius 1 is 1.43 bits per heavy atom. The van der Waals surface area contributed by atoms with Crippen molar-refractivity contribution in [1.82, 2.24) is 0 Å². The average Bonchev–Trinajstić information content (AvgIpc) is 1.61. The van der Waals surface area contributed by atoms with Gasteiger partial charge in [-0.05, 0) is 5.92 Å². The Hall–Kier alpha value is 0.0649. The Bertz CT molecular complexity index is 33.2. The van der Waals surface area contributed by atoms with Crippen LogP contribution in [0.2, 0.25) is 6.32 Å². The third kappa shape index (κ3) is 6.06. The maximum absolute atomic E-state index is 5.28. The van der Waals surface area contributed by atoms with Crippen molar-refractivity contribution in [1.29, 1.82) is 0 Å². The van der Waals surface area contributed by atoms with E-state index in [1.807, 2.05) is 0 Å². The first-order valence-electron chi connectivity index (χ1n) is 2.97. The molecule has 7 heavy (non-hydrogen) atoms. The van der Waals surface area contributed by atoms with E-state index in [1.54, 1.807) is 0 Å². The molecule has 0 fully saturated rings. The van der Waals surface area contributed by atoms with Crippen molar-refractivity contribution in [3.63, 3.8) is 0 Å². The van der Waals surface area contributed by atoms with Gasteiger partial charge in [0, 0.05) is 0 Å². The van der Waals surface area contributed by atoms with Gasteiger partial charge in [0.05, 0.1) is 7.85 Å². The van der Waals surface area contributed by atoms with Crippen LogP contribution >= 0.6 is 0 Å². The Balaban J connectivity index is 2.68. The molecule has 0 amide bonds. The molecule has 0 heterocycles. The van der Waals surface area contributed by atoms with Crippen LogP contribution in [0.15, 0.2) is 0 Å². The van der Waals surface area contributed by atoms with Crippen LogP contribution < -0.4 is 0 Å². The van der Waals surface area contributed by atoms with E-state index >= 15 is 0 Å². The molecule has 0 spiro atoms. The van der Waals surface area contributed by atoms with Gasteiger partial charge in [-0.3, -0.25) is 0 Å². The van der Waals surface area contributed by atoms with Gasteiger partial charge in [0.15, 0.2) is 0 Å². The maximum Gasteiger partial charge on any atom is 0.0653 e. The van der Waals surface area contributed by atoms with Crippen LogP contribution in [0.25, 0.3) is 0 Å². The smallest absolute Gasteiger partial charge is 0.0653 e. The Morgan fingerprint density at radius 3 is 2.14 bits per heavy atom. The largest absolute Gasteiger partial charge is 0.0887 e. The van der Waals surface area contributed by atoms with E-state index in [1.165, 1.54) is 12.8 Å². The summed E-state index contributed by atoms with van der Waals surface area (Å²) in [6, 6.07) is 0. The highest BCUT2D eigenvalue weighted by atomic mass is 13.9. The van der Waals surface area contributed by atoms with E-state index in [4.69, 9.17) is 7.85 Å². The van der Waals surface area contributed by atoms with E-state index in [0.717, 1.165) is 12.2 Å². The highest BCUT2D eigenvalue weighted by molar-refractivity contribution is 6.08. The fourth-order valence-corrected chi connectivity index (χ4v) is 0.526. The van der Waals surface area contributed by atoms with Crippen LogP contribution in [0.3, 0.4) is 0 Å². The standard InChI is InChI=1S/C6H13B/c1-6(2)4-3-5-7/h6H,3-5H2,1-2H3. The molecule has 0 aliphatic rings. The first-order chi connectivity index (χ1) is 3.27. The molecule has 2 radical (unpaired) electrons. The van der Waals surface area contributed by atoms with E-state index in [9.17, 15) is 0 Å². The summed E-state index contributed by atoms with van der Waals surface area (Å²) < 4.78 is 0. The summed E-state index contributed by atoms with van der Waals surface area (Å²) in [5, 5.41) is 0. The third-order valence-corrected chi connectivity index (χ3v) is 0.986. The molecule has 0 aromatic rings. The minimum absolute atomic E-state index is 0.823. The molecule has 0 atom stereocenters. The van der Waals surface area contributed by atoms with Gasteiger partial charge in [-0.15, -0.1) is 0 Å². The van der Waals surface area contributed by atoms with Gasteiger partial charge < -0.3 is 0 Å². The molecule has 0 unspecified atom stereocenters. The second-order valence-corrected chi connectivity index (χ2v) is 2.32. The molecule has 0 rings (SSSR count). The molecule has 40 valence electrons. The Kier molecular flexibility index (Phi) is 4.27. The Labute approximate surface area is 47.7 Å². The summed E-state index contributed by atoms with van der Waals surface area (Å²) in [5.74, 6) is 0.823. The van der Waals surface area contributed by atoms with Crippen molar-refractivity contribution < 1.29 is 0 Å². The van der Waals surface area contributed by atoms with Gasteiger partial charge in [-0.2, -0.15) is 0 Å². The fraction of sp³-hybridized carbons (Fsp3) is 1.00. The van der Waals surface area contributed by atoms with Crippen LogP contribution in [-0.4, -0.2) is 7.85 Å². The molecule has 0 aromatic carbocycles. The van der Waals surface area contributed by atoms with Gasteiger partial charge in [0.25, 0.3) is 0 Å². The molecular weight excluding hydrogens is 82.9 g/mol. The van der Waals surface area contributed by atoms with Crippen molar-refractivity contribution in [2.24, 2.45) is 5.92 Å². The molecule has 1 heteroatoms. The summed E-state index contributed by atoms with van der Waals surface area (Å²) in [7, 11) is 5.28. The molecule has 0 N–H and O–H groups in total. The predicted molar refractivity (Wildman–Crippen MR) is 34.6 cm³/mol. The lowest BCUT2D eigenvalue weighted by atomic mass is 9.96. The fourth-order valence-electron chi connectivity index (χ4n) is 0.526. The van der Waals surface area contributed by atoms with Gasteiger partial charge in [0.1, 0.15) is 0 Å². The molecular formula is C6H13B. The summed E-state index contributed by atoms with van der Waals surface area (Å²) in [4.78, 5) is 0. The predicted octanol–water partition coefficient (Wildman–Crippen LogP) is 2.01. The van der Waals surface area contributed by atoms with Crippen LogP contribution in [0, 0.1) is 5.92 Å². The molecule has 0 aliphatic carbocycles. The maximum atomic E-state index is 5.28. The zero-order chi connectivity index (χ0) is 5.70. The number of hydrogen-bond acceptors (Lipinski definition) is 0. The van der Waals surface area contributed by atoms with Crippen LogP contribution in [0.4, 0.5) is 0 Å². The van der Waals surface area contributed by atoms with Crippen molar-refractivity contribution in [3.05, 3.63) is 0 Å². The monoisotopic (exact) mass is 96.1 g/mol. The quantitative estimate of drug-likeness (QED) is 0.471. The lowest BCUT2D eigenvalue weighted by molar-refractivity contribution is 0.576. The number of hydrogen-bond donors (Lipinski definition) is 0. The minimum Gasteiger partial charge on any atom is -0.0887 e. The van der Waals surface area contributed by atoms with Gasteiger partial charge >= 0.3 is 0 Å². The Morgan fingerprint density at radius 2 is 2.00 bits per heavy atom. The lowest BCUT2D eigenvalue weighted by Gasteiger charge is -1.99. The van der Waals surface area contributed by atoms with E-state index < -0.39 is 0 Å². The zero-order valence-corrected chi connectivity index (χ0v) is 5.28. The first kappa shape index (κ1) is 7.06. The molecule has 0 aromatic heterocycles. The summed E-state index contributed by atoms with van der Waals surface area (Å²) in [6.07, 6.45) is 3.30. The summed E-state index contributed by atoms with van der Waals surface area (Å²) in [6.45, 7) is 4.44. The van der Waals surface area contributed by atoms with Gasteiger partial charge in [0.2, 0.25) is 0 Å². The zero-order valence-electron chi connectivity index (χ0n) is 5.28. The second kappa shape index (κ2) is 4.23. The molecule has 0 bridgehead atoms. The topological polar surface area (TPSA) is 0 Å². The van der Waals surface area contributed by atoms with Crippen molar-refractivity contribution >= 4 is 7.85 Å². The third-order valence-electron chi connectivity index (χ3n) is 0.986. The minimum atomic E-state index is 0.823. The van der Waals surface area contributed by atoms with Crippen LogP contribution in [0.5, 0.6) is 0 Å². The normalized spacial score (nSPS) is 10.1. The molecule has 0 saturated heterocycles. The SMILES string of the molecule is [B]CCCC(C)C. The number of rotatable bonds is 3. The van der Waals surface area contributed by atoms with Gasteiger partial charge in [-0.25, -0.2) is 0 Å². The van der Waals surface area contributed by atoms with Crippen molar-refractivity contribution in [3.8, 4) is 0 Å². The summed E-state index contributed by atoms with van der Waals surface area (Å²) >= 11 is 0. The van der Waals surface area contributed by atoms with Crippen LogP contribution in [0.1, 0.15) is 26.7 Å². The molecule has 0 saturated carbocycles. The molecule has 0 aliphatic heterocycles. The lowest BCUT2D eigenvalue weighted by Crippen LogP contribution is -1.84.